The molecular weight excluding hydrogens is 354 g/mol. The Hall–Kier alpha value is -3.28. The molecular formula is C22H25N3O3. The molecule has 6 heteroatoms. The molecule has 6 nitrogen and oxygen atoms in total. The van der Waals surface area contributed by atoms with Crippen molar-refractivity contribution in [3.63, 3.8) is 0 Å². The van der Waals surface area contributed by atoms with E-state index in [0.717, 1.165) is 16.5 Å². The van der Waals surface area contributed by atoms with Crippen LogP contribution in [0.15, 0.2) is 48.7 Å². The second kappa shape index (κ2) is 8.17. The van der Waals surface area contributed by atoms with Gasteiger partial charge in [0.1, 0.15) is 5.75 Å². The van der Waals surface area contributed by atoms with Crippen molar-refractivity contribution in [1.29, 1.82) is 0 Å². The predicted octanol–water partition coefficient (Wildman–Crippen LogP) is 3.45. The largest absolute Gasteiger partial charge is 0.484 e. The van der Waals surface area contributed by atoms with Crippen molar-refractivity contribution < 1.29 is 14.3 Å². The quantitative estimate of drug-likeness (QED) is 0.667. The van der Waals surface area contributed by atoms with Crippen LogP contribution in [0.3, 0.4) is 0 Å². The fourth-order valence-electron chi connectivity index (χ4n) is 3.29. The topological polar surface area (TPSA) is 72.4 Å². The molecule has 0 radical (unpaired) electrons. The van der Waals surface area contributed by atoms with Gasteiger partial charge >= 0.3 is 0 Å². The molecule has 0 aliphatic rings. The van der Waals surface area contributed by atoms with Crippen molar-refractivity contribution in [2.75, 3.05) is 6.61 Å². The second-order valence-corrected chi connectivity index (χ2v) is 7.13. The summed E-state index contributed by atoms with van der Waals surface area (Å²) in [5.41, 5.74) is 8.66. The molecule has 0 atom stereocenters. The number of para-hydroxylation sites is 1. The van der Waals surface area contributed by atoms with Gasteiger partial charge in [0, 0.05) is 24.1 Å². The van der Waals surface area contributed by atoms with Gasteiger partial charge in [-0.15, -0.1) is 0 Å². The zero-order valence-corrected chi connectivity index (χ0v) is 16.6. The molecule has 1 heterocycles. The molecule has 2 aromatic carbocycles. The third kappa shape index (κ3) is 4.17. The zero-order chi connectivity index (χ0) is 20.3. The molecule has 2 amide bonds. The highest BCUT2D eigenvalue weighted by atomic mass is 16.5. The smallest absolute Gasteiger partial charge is 0.276 e. The van der Waals surface area contributed by atoms with Crippen LogP contribution in [0, 0.1) is 6.92 Å². The van der Waals surface area contributed by atoms with Gasteiger partial charge in [0.05, 0.1) is 5.56 Å². The third-order valence-corrected chi connectivity index (χ3v) is 4.69. The number of aryl methyl sites for hydroxylation is 2. The number of hydrogen-bond acceptors (Lipinski definition) is 3. The molecule has 0 aliphatic heterocycles. The second-order valence-electron chi connectivity index (χ2n) is 7.13. The highest BCUT2D eigenvalue weighted by Gasteiger charge is 2.14. The van der Waals surface area contributed by atoms with Gasteiger partial charge in [-0.1, -0.05) is 38.1 Å². The summed E-state index contributed by atoms with van der Waals surface area (Å²) in [5.74, 6) is 0.250. The first-order valence-electron chi connectivity index (χ1n) is 9.23. The van der Waals surface area contributed by atoms with Gasteiger partial charge < -0.3 is 9.30 Å². The summed E-state index contributed by atoms with van der Waals surface area (Å²) >= 11 is 0. The summed E-state index contributed by atoms with van der Waals surface area (Å²) in [5, 5.41) is 0.828. The fraction of sp³-hybridized carbons (Fsp3) is 0.273. The Balaban J connectivity index is 1.55. The number of rotatable bonds is 5. The standard InChI is InChI=1S/C22H25N3O3/c1-14(2)17-10-9-16(11-15(17)3)28-13-21(26)23-24-22(27)19-12-25(4)20-8-6-5-7-18(19)20/h5-12,14H,13H2,1-4H3,(H,23,26)(H,24,27). The summed E-state index contributed by atoms with van der Waals surface area (Å²) in [7, 11) is 1.87. The number of nitrogens with zero attached hydrogens (tertiary/aromatic N) is 1. The van der Waals surface area contributed by atoms with Gasteiger partial charge in [-0.05, 0) is 42.2 Å². The van der Waals surface area contributed by atoms with Crippen LogP contribution < -0.4 is 15.6 Å². The van der Waals surface area contributed by atoms with E-state index in [2.05, 4.69) is 24.7 Å². The maximum Gasteiger partial charge on any atom is 0.276 e. The lowest BCUT2D eigenvalue weighted by Gasteiger charge is -2.12. The van der Waals surface area contributed by atoms with E-state index in [4.69, 9.17) is 4.74 Å². The van der Waals surface area contributed by atoms with Crippen molar-refractivity contribution in [3.8, 4) is 5.75 Å². The Morgan fingerprint density at radius 1 is 1.11 bits per heavy atom. The van der Waals surface area contributed by atoms with E-state index >= 15 is 0 Å². The average Bonchev–Trinajstić information content (AvgIpc) is 3.01. The average molecular weight is 379 g/mol. The Bertz CT molecular complexity index is 1020. The number of fused-ring (bicyclic) bond motifs is 1. The first-order valence-corrected chi connectivity index (χ1v) is 9.23. The normalized spacial score (nSPS) is 10.9. The van der Waals surface area contributed by atoms with Gasteiger partial charge in [0.15, 0.2) is 6.61 Å². The zero-order valence-electron chi connectivity index (χ0n) is 16.6. The van der Waals surface area contributed by atoms with Crippen molar-refractivity contribution in [2.45, 2.75) is 26.7 Å². The first kappa shape index (κ1) is 19.5. The van der Waals surface area contributed by atoms with Crippen LogP contribution >= 0.6 is 0 Å². The Morgan fingerprint density at radius 2 is 1.86 bits per heavy atom. The lowest BCUT2D eigenvalue weighted by molar-refractivity contribution is -0.123. The lowest BCUT2D eigenvalue weighted by atomic mass is 9.98. The minimum Gasteiger partial charge on any atom is -0.484 e. The van der Waals surface area contributed by atoms with Crippen LogP contribution in [0.1, 0.15) is 41.3 Å². The number of benzene rings is 2. The summed E-state index contributed by atoms with van der Waals surface area (Å²) in [6, 6.07) is 13.4. The first-order chi connectivity index (χ1) is 13.4. The van der Waals surface area contributed by atoms with Crippen molar-refractivity contribution in [1.82, 2.24) is 15.4 Å². The third-order valence-electron chi connectivity index (χ3n) is 4.69. The summed E-state index contributed by atoms with van der Waals surface area (Å²) in [6.45, 7) is 6.10. The molecule has 0 fully saturated rings. The molecule has 3 rings (SSSR count). The number of carbonyl (C=O) groups excluding carboxylic acids is 2. The Kier molecular flexibility index (Phi) is 5.68. The number of hydrazine groups is 1. The maximum atomic E-state index is 12.4. The molecule has 0 unspecified atom stereocenters. The lowest BCUT2D eigenvalue weighted by Crippen LogP contribution is -2.43. The van der Waals surface area contributed by atoms with E-state index in [1.165, 1.54) is 5.56 Å². The fourth-order valence-corrected chi connectivity index (χ4v) is 3.29. The Labute approximate surface area is 164 Å². The van der Waals surface area contributed by atoms with E-state index < -0.39 is 5.91 Å². The van der Waals surface area contributed by atoms with Crippen LogP contribution in [0.2, 0.25) is 0 Å². The van der Waals surface area contributed by atoms with Gasteiger partial charge in [0.2, 0.25) is 0 Å². The van der Waals surface area contributed by atoms with E-state index in [1.54, 1.807) is 6.20 Å². The number of nitrogens with one attached hydrogen (secondary N) is 2. The molecule has 0 saturated carbocycles. The molecule has 3 aromatic rings. The van der Waals surface area contributed by atoms with Crippen LogP contribution in [0.25, 0.3) is 10.9 Å². The molecule has 1 aromatic heterocycles. The number of carbonyl (C=O) groups is 2. The summed E-state index contributed by atoms with van der Waals surface area (Å²) < 4.78 is 7.40. The van der Waals surface area contributed by atoms with Crippen LogP contribution in [-0.2, 0) is 11.8 Å². The van der Waals surface area contributed by atoms with Gasteiger partial charge in [-0.3, -0.25) is 20.4 Å². The molecule has 0 spiro atoms. The Morgan fingerprint density at radius 3 is 2.57 bits per heavy atom. The maximum absolute atomic E-state index is 12.4. The van der Waals surface area contributed by atoms with Gasteiger partial charge in [-0.25, -0.2) is 0 Å². The molecule has 0 saturated heterocycles. The van der Waals surface area contributed by atoms with E-state index in [0.29, 0.717) is 17.2 Å². The van der Waals surface area contributed by atoms with E-state index in [1.807, 2.05) is 61.0 Å². The number of amides is 2. The van der Waals surface area contributed by atoms with Gasteiger partial charge in [-0.2, -0.15) is 0 Å². The van der Waals surface area contributed by atoms with E-state index in [9.17, 15) is 9.59 Å². The molecule has 0 bridgehead atoms. The van der Waals surface area contributed by atoms with Crippen molar-refractivity contribution in [3.05, 3.63) is 65.4 Å². The molecule has 28 heavy (non-hydrogen) atoms. The number of aromatic nitrogens is 1. The van der Waals surface area contributed by atoms with E-state index in [-0.39, 0.29) is 12.5 Å². The SMILES string of the molecule is Cc1cc(OCC(=O)NNC(=O)c2cn(C)c3ccccc23)ccc1C(C)C. The molecule has 146 valence electrons. The van der Waals surface area contributed by atoms with Crippen molar-refractivity contribution in [2.24, 2.45) is 7.05 Å². The van der Waals surface area contributed by atoms with Crippen LogP contribution in [0.5, 0.6) is 5.75 Å². The summed E-state index contributed by atoms with van der Waals surface area (Å²) in [4.78, 5) is 24.4. The van der Waals surface area contributed by atoms with Crippen LogP contribution in [0.4, 0.5) is 0 Å². The minimum atomic E-state index is -0.431. The molecule has 2 N–H and O–H groups in total. The predicted molar refractivity (Wildman–Crippen MR) is 109 cm³/mol. The van der Waals surface area contributed by atoms with Crippen molar-refractivity contribution >= 4 is 22.7 Å². The summed E-state index contributed by atoms with van der Waals surface area (Å²) in [6.07, 6.45) is 1.74. The monoisotopic (exact) mass is 379 g/mol. The van der Waals surface area contributed by atoms with Crippen LogP contribution in [-0.4, -0.2) is 23.0 Å². The minimum absolute atomic E-state index is 0.184. The number of hydrogen-bond donors (Lipinski definition) is 2. The number of ether oxygens (including phenoxy) is 1. The van der Waals surface area contributed by atoms with Gasteiger partial charge in [0.25, 0.3) is 11.8 Å². The molecule has 0 aliphatic carbocycles. The highest BCUT2D eigenvalue weighted by molar-refractivity contribution is 6.07. The highest BCUT2D eigenvalue weighted by Crippen LogP contribution is 2.23.